The van der Waals surface area contributed by atoms with E-state index in [-0.39, 0.29) is 5.82 Å². The van der Waals surface area contributed by atoms with Gasteiger partial charge in [0.1, 0.15) is 5.82 Å². The molecule has 2 saturated heterocycles. The van der Waals surface area contributed by atoms with Crippen molar-refractivity contribution in [2.24, 2.45) is 0 Å². The molecule has 134 valence electrons. The van der Waals surface area contributed by atoms with Gasteiger partial charge in [-0.15, -0.1) is 0 Å². The summed E-state index contributed by atoms with van der Waals surface area (Å²) in [6.45, 7) is 3.96. The lowest BCUT2D eigenvalue weighted by Crippen LogP contribution is -2.49. The third-order valence-corrected chi connectivity index (χ3v) is 5.80. The Morgan fingerprint density at radius 1 is 1.24 bits per heavy atom. The lowest BCUT2D eigenvalue weighted by atomic mass is 9.80. The van der Waals surface area contributed by atoms with E-state index in [1.165, 1.54) is 11.6 Å². The number of halogens is 1. The molecule has 1 N–H and O–H groups in total. The van der Waals surface area contributed by atoms with Crippen LogP contribution < -0.4 is 0 Å². The van der Waals surface area contributed by atoms with Crippen LogP contribution in [0.15, 0.2) is 36.7 Å². The summed E-state index contributed by atoms with van der Waals surface area (Å²) in [4.78, 5) is 2.49. The Labute approximate surface area is 148 Å². The molecule has 2 aliphatic heterocycles. The van der Waals surface area contributed by atoms with Crippen LogP contribution >= 0.6 is 0 Å². The van der Waals surface area contributed by atoms with E-state index in [9.17, 15) is 9.50 Å². The number of fused-ring (bicyclic) bond motifs is 2. The van der Waals surface area contributed by atoms with Gasteiger partial charge in [0.25, 0.3) is 0 Å². The Hall–Kier alpha value is -1.72. The Morgan fingerprint density at radius 2 is 1.96 bits per heavy atom. The van der Waals surface area contributed by atoms with Gasteiger partial charge in [-0.2, -0.15) is 5.10 Å². The van der Waals surface area contributed by atoms with Crippen LogP contribution in [-0.4, -0.2) is 31.9 Å². The zero-order valence-electron chi connectivity index (χ0n) is 14.7. The third-order valence-electron chi connectivity index (χ3n) is 5.80. The van der Waals surface area contributed by atoms with E-state index in [0.717, 1.165) is 32.4 Å². The highest BCUT2D eigenvalue weighted by molar-refractivity contribution is 5.27. The van der Waals surface area contributed by atoms with E-state index in [1.807, 2.05) is 16.9 Å². The van der Waals surface area contributed by atoms with Gasteiger partial charge in [0.2, 0.25) is 0 Å². The Kier molecular flexibility index (Phi) is 4.38. The normalized spacial score (nSPS) is 29.2. The monoisotopic (exact) mass is 343 g/mol. The lowest BCUT2D eigenvalue weighted by Gasteiger charge is -2.44. The van der Waals surface area contributed by atoms with E-state index in [0.29, 0.717) is 30.5 Å². The van der Waals surface area contributed by atoms with Crippen molar-refractivity contribution in [1.82, 2.24) is 14.7 Å². The number of aryl methyl sites for hydroxylation is 1. The number of hydrogen-bond donors (Lipinski definition) is 1. The van der Waals surface area contributed by atoms with Gasteiger partial charge < -0.3 is 5.11 Å². The first-order valence-electron chi connectivity index (χ1n) is 9.33. The van der Waals surface area contributed by atoms with Crippen LogP contribution in [0, 0.1) is 5.82 Å². The Balaban J connectivity index is 1.51. The second-order valence-corrected chi connectivity index (χ2v) is 7.59. The predicted molar refractivity (Wildman–Crippen MR) is 94.4 cm³/mol. The molecule has 2 aromatic rings. The molecule has 0 saturated carbocycles. The van der Waals surface area contributed by atoms with Crippen molar-refractivity contribution in [3.05, 3.63) is 53.6 Å². The zero-order valence-corrected chi connectivity index (χ0v) is 14.7. The molecule has 1 aromatic carbocycles. The standard InChI is InChI=1S/C20H26FN3O/c1-2-9-23-13-15(12-22-23)14-24-16-7-8-17(24)11-20(25,10-16)18-5-3-4-6-19(18)21/h3-6,12-13,16-17,25H,2,7-11,14H2,1H3/t16-,17-/m0/s1. The maximum atomic E-state index is 14.2. The Morgan fingerprint density at radius 3 is 2.64 bits per heavy atom. The molecule has 0 aliphatic carbocycles. The molecule has 4 nitrogen and oxygen atoms in total. The van der Waals surface area contributed by atoms with Crippen molar-refractivity contribution < 1.29 is 9.50 Å². The van der Waals surface area contributed by atoms with Crippen molar-refractivity contribution in [1.29, 1.82) is 0 Å². The van der Waals surface area contributed by atoms with Crippen molar-refractivity contribution in [3.8, 4) is 0 Å². The second kappa shape index (κ2) is 6.54. The fraction of sp³-hybridized carbons (Fsp3) is 0.550. The van der Waals surface area contributed by atoms with Gasteiger partial charge in [0.05, 0.1) is 11.8 Å². The van der Waals surface area contributed by atoms with Gasteiger partial charge >= 0.3 is 0 Å². The fourth-order valence-electron chi connectivity index (χ4n) is 4.68. The molecule has 0 radical (unpaired) electrons. The van der Waals surface area contributed by atoms with Gasteiger partial charge in [-0.05, 0) is 38.2 Å². The third kappa shape index (κ3) is 3.11. The first-order valence-corrected chi connectivity index (χ1v) is 9.33. The van der Waals surface area contributed by atoms with Gasteiger partial charge in [0.15, 0.2) is 0 Å². The molecule has 25 heavy (non-hydrogen) atoms. The molecule has 3 heterocycles. The number of aromatic nitrogens is 2. The highest BCUT2D eigenvalue weighted by Crippen LogP contribution is 2.46. The minimum atomic E-state index is -1.04. The SMILES string of the molecule is CCCn1cc(CN2[C@H]3CC[C@H]2CC(O)(c2ccccc2F)C3)cn1. The molecular formula is C20H26FN3O. The highest BCUT2D eigenvalue weighted by atomic mass is 19.1. The molecule has 2 fully saturated rings. The van der Waals surface area contributed by atoms with Gasteiger partial charge in [0, 0.05) is 42.5 Å². The molecule has 4 rings (SSSR count). The molecule has 0 spiro atoms. The molecule has 0 unspecified atom stereocenters. The van der Waals surface area contributed by atoms with Gasteiger partial charge in [-0.1, -0.05) is 25.1 Å². The number of nitrogens with zero attached hydrogens (tertiary/aromatic N) is 3. The van der Waals surface area contributed by atoms with Crippen LogP contribution in [0.2, 0.25) is 0 Å². The number of rotatable bonds is 5. The van der Waals surface area contributed by atoms with E-state index in [2.05, 4.69) is 23.1 Å². The summed E-state index contributed by atoms with van der Waals surface area (Å²) < 4.78 is 16.2. The topological polar surface area (TPSA) is 41.3 Å². The highest BCUT2D eigenvalue weighted by Gasteiger charge is 2.48. The van der Waals surface area contributed by atoms with Crippen LogP contribution in [0.1, 0.15) is 50.2 Å². The first kappa shape index (κ1) is 16.7. The maximum absolute atomic E-state index is 14.2. The number of hydrogen-bond acceptors (Lipinski definition) is 3. The number of benzene rings is 1. The van der Waals surface area contributed by atoms with Gasteiger partial charge in [-0.25, -0.2) is 4.39 Å². The van der Waals surface area contributed by atoms with E-state index in [1.54, 1.807) is 12.1 Å². The fourth-order valence-corrected chi connectivity index (χ4v) is 4.68. The predicted octanol–water partition coefficient (Wildman–Crippen LogP) is 3.45. The largest absolute Gasteiger partial charge is 0.385 e. The average molecular weight is 343 g/mol. The van der Waals surface area contributed by atoms with Crippen molar-refractivity contribution in [2.75, 3.05) is 0 Å². The molecule has 0 amide bonds. The summed E-state index contributed by atoms with van der Waals surface area (Å²) in [5, 5.41) is 15.6. The summed E-state index contributed by atoms with van der Waals surface area (Å²) in [6, 6.07) is 7.28. The number of piperidine rings is 1. The smallest absolute Gasteiger partial charge is 0.129 e. The first-order chi connectivity index (χ1) is 12.1. The van der Waals surface area contributed by atoms with Crippen LogP contribution in [0.5, 0.6) is 0 Å². The summed E-state index contributed by atoms with van der Waals surface area (Å²) in [7, 11) is 0. The van der Waals surface area contributed by atoms with Crippen LogP contribution in [0.25, 0.3) is 0 Å². The minimum absolute atomic E-state index is 0.293. The molecule has 2 bridgehead atoms. The quantitative estimate of drug-likeness (QED) is 0.904. The minimum Gasteiger partial charge on any atom is -0.385 e. The molecule has 1 aromatic heterocycles. The molecular weight excluding hydrogens is 317 g/mol. The lowest BCUT2D eigenvalue weighted by molar-refractivity contribution is -0.0615. The van der Waals surface area contributed by atoms with E-state index < -0.39 is 5.60 Å². The summed E-state index contributed by atoms with van der Waals surface area (Å²) in [5.41, 5.74) is 0.643. The van der Waals surface area contributed by atoms with Crippen LogP contribution in [-0.2, 0) is 18.7 Å². The molecule has 2 aliphatic rings. The van der Waals surface area contributed by atoms with Crippen LogP contribution in [0.3, 0.4) is 0 Å². The van der Waals surface area contributed by atoms with Gasteiger partial charge in [-0.3, -0.25) is 9.58 Å². The zero-order chi connectivity index (χ0) is 17.4. The second-order valence-electron chi connectivity index (χ2n) is 7.59. The van der Waals surface area contributed by atoms with E-state index >= 15 is 0 Å². The maximum Gasteiger partial charge on any atom is 0.129 e. The summed E-state index contributed by atoms with van der Waals surface area (Å²) in [5.74, 6) is -0.293. The molecule has 5 heteroatoms. The van der Waals surface area contributed by atoms with E-state index in [4.69, 9.17) is 0 Å². The summed E-state index contributed by atoms with van der Waals surface area (Å²) >= 11 is 0. The van der Waals surface area contributed by atoms with Crippen LogP contribution in [0.4, 0.5) is 4.39 Å². The summed E-state index contributed by atoms with van der Waals surface area (Å²) in [6.07, 6.45) is 8.51. The molecule has 2 atom stereocenters. The van der Waals surface area contributed by atoms with Crippen molar-refractivity contribution >= 4 is 0 Å². The Bertz CT molecular complexity index is 730. The number of aliphatic hydroxyl groups is 1. The van der Waals surface area contributed by atoms with Crippen molar-refractivity contribution in [3.63, 3.8) is 0 Å². The van der Waals surface area contributed by atoms with Crippen molar-refractivity contribution in [2.45, 2.75) is 69.8 Å². The average Bonchev–Trinajstić information content (AvgIpc) is 3.12.